The molecule has 0 aromatic carbocycles. The number of H-pyrrole nitrogens is 1. The molecule has 1 aromatic heterocycles. The highest BCUT2D eigenvalue weighted by Crippen LogP contribution is 1.99. The van der Waals surface area contributed by atoms with Gasteiger partial charge in [0, 0.05) is 0 Å². The molecule has 1 N–H and O–H groups in total. The second kappa shape index (κ2) is 1.73. The Balaban J connectivity index is 3.12. The number of hydrogen-bond donors (Lipinski definition) is 1. The van der Waals surface area contributed by atoms with Crippen LogP contribution in [0.15, 0.2) is 15.5 Å². The van der Waals surface area contributed by atoms with Crippen molar-refractivity contribution >= 4 is 5.82 Å². The lowest BCUT2D eigenvalue weighted by molar-refractivity contribution is -0.389. The topological polar surface area (TPSA) is 89.1 Å². The summed E-state index contributed by atoms with van der Waals surface area (Å²) in [6, 6.07) is 0. The van der Waals surface area contributed by atoms with Gasteiger partial charge in [-0.1, -0.05) is 0 Å². The summed E-state index contributed by atoms with van der Waals surface area (Å²) in [5.41, 5.74) is 0. The average molecular weight is 130 g/mol. The van der Waals surface area contributed by atoms with E-state index in [0.29, 0.717) is 0 Å². The van der Waals surface area contributed by atoms with Crippen molar-refractivity contribution in [2.45, 2.75) is 0 Å². The van der Waals surface area contributed by atoms with Gasteiger partial charge < -0.3 is 14.5 Å². The number of nitrogens with one attached hydrogen (secondary N) is 1. The van der Waals surface area contributed by atoms with E-state index < -0.39 is 16.5 Å². The van der Waals surface area contributed by atoms with Crippen LogP contribution in [0.3, 0.4) is 0 Å². The van der Waals surface area contributed by atoms with Gasteiger partial charge in [-0.05, 0) is 4.92 Å². The fourth-order valence-electron chi connectivity index (χ4n) is 0.362. The fourth-order valence-corrected chi connectivity index (χ4v) is 0.362. The summed E-state index contributed by atoms with van der Waals surface area (Å²) in [5.74, 6) is -1.25. The number of nitrogens with zero attached hydrogens (tertiary/aromatic N) is 1. The first-order valence-electron chi connectivity index (χ1n) is 2.02. The quantitative estimate of drug-likeness (QED) is 0.423. The zero-order chi connectivity index (χ0) is 6.85. The van der Waals surface area contributed by atoms with Crippen LogP contribution in [-0.4, -0.2) is 9.91 Å². The van der Waals surface area contributed by atoms with Crippen molar-refractivity contribution in [1.82, 2.24) is 4.98 Å². The van der Waals surface area contributed by atoms with Gasteiger partial charge in [0.15, 0.2) is 6.26 Å². The predicted molar refractivity (Wildman–Crippen MR) is 26.0 cm³/mol. The van der Waals surface area contributed by atoms with Gasteiger partial charge in [-0.25, -0.2) is 0 Å². The Morgan fingerprint density at radius 2 is 2.44 bits per heavy atom. The molecule has 0 bridgehead atoms. The van der Waals surface area contributed by atoms with Crippen LogP contribution in [0.2, 0.25) is 0 Å². The monoisotopic (exact) mass is 130 g/mol. The van der Waals surface area contributed by atoms with Crippen LogP contribution in [0.4, 0.5) is 5.82 Å². The number of aromatic amines is 1. The Morgan fingerprint density at radius 3 is 2.67 bits per heavy atom. The minimum absolute atomic E-state index is 0.431. The molecular formula is C3H2N2O4. The van der Waals surface area contributed by atoms with E-state index in [-0.39, 0.29) is 0 Å². The lowest BCUT2D eigenvalue weighted by Crippen LogP contribution is -1.96. The van der Waals surface area contributed by atoms with Gasteiger partial charge in [-0.3, -0.25) is 0 Å². The van der Waals surface area contributed by atoms with Crippen molar-refractivity contribution in [2.75, 3.05) is 0 Å². The highest BCUT2D eigenvalue weighted by Gasteiger charge is 2.05. The van der Waals surface area contributed by atoms with E-state index in [1.54, 1.807) is 0 Å². The molecule has 0 saturated heterocycles. The largest absolute Gasteiger partial charge is 0.510 e. The summed E-state index contributed by atoms with van der Waals surface area (Å²) < 4.78 is 4.07. The second-order valence-electron chi connectivity index (χ2n) is 1.29. The van der Waals surface area contributed by atoms with E-state index >= 15 is 0 Å². The zero-order valence-corrected chi connectivity index (χ0v) is 4.16. The van der Waals surface area contributed by atoms with Crippen LogP contribution in [0, 0.1) is 10.1 Å². The van der Waals surface area contributed by atoms with Gasteiger partial charge >= 0.3 is 11.6 Å². The van der Waals surface area contributed by atoms with Gasteiger partial charge in [0.05, 0.1) is 0 Å². The number of nitro groups is 1. The fraction of sp³-hybridized carbons (Fsp3) is 0. The third kappa shape index (κ3) is 0.958. The van der Waals surface area contributed by atoms with Crippen LogP contribution in [0.25, 0.3) is 0 Å². The molecule has 48 valence electrons. The van der Waals surface area contributed by atoms with E-state index in [1.807, 2.05) is 4.98 Å². The molecule has 0 spiro atoms. The molecule has 6 nitrogen and oxygen atoms in total. The lowest BCUT2D eigenvalue weighted by Gasteiger charge is -1.81. The number of aromatic nitrogens is 1. The molecule has 0 amide bonds. The van der Waals surface area contributed by atoms with Crippen LogP contribution >= 0.6 is 0 Å². The zero-order valence-electron chi connectivity index (χ0n) is 4.16. The predicted octanol–water partition coefficient (Wildman–Crippen LogP) is -0.124. The molecule has 0 fully saturated rings. The summed E-state index contributed by atoms with van der Waals surface area (Å²) >= 11 is 0. The molecule has 9 heavy (non-hydrogen) atoms. The summed E-state index contributed by atoms with van der Waals surface area (Å²) in [6.45, 7) is 0. The van der Waals surface area contributed by atoms with Crippen LogP contribution in [0.5, 0.6) is 0 Å². The van der Waals surface area contributed by atoms with Crippen molar-refractivity contribution < 1.29 is 9.34 Å². The molecule has 0 aliphatic heterocycles. The molecule has 1 rings (SSSR count). The second-order valence-corrected chi connectivity index (χ2v) is 1.29. The smallest absolute Gasteiger partial charge is 0.391 e. The molecule has 0 atom stereocenters. The van der Waals surface area contributed by atoms with Gasteiger partial charge in [0.1, 0.15) is 0 Å². The normalized spacial score (nSPS) is 9.33. The first-order valence-corrected chi connectivity index (χ1v) is 2.02. The van der Waals surface area contributed by atoms with Crippen molar-refractivity contribution in [1.29, 1.82) is 0 Å². The van der Waals surface area contributed by atoms with Crippen LogP contribution in [0.1, 0.15) is 0 Å². The molecule has 0 aliphatic carbocycles. The number of rotatable bonds is 1. The lowest BCUT2D eigenvalue weighted by atomic mass is 10.8. The molecule has 0 saturated carbocycles. The van der Waals surface area contributed by atoms with E-state index in [1.165, 1.54) is 0 Å². The number of hydrogen-bond acceptors (Lipinski definition) is 4. The highest BCUT2D eigenvalue weighted by atomic mass is 16.6. The summed E-state index contributed by atoms with van der Waals surface area (Å²) in [4.78, 5) is 21.0. The van der Waals surface area contributed by atoms with Crippen molar-refractivity contribution in [2.24, 2.45) is 0 Å². The van der Waals surface area contributed by atoms with E-state index in [2.05, 4.69) is 4.42 Å². The standard InChI is InChI=1S/C3H2N2O4/c6-3-4-2(1-9-3)5(7)8/h1H,(H,4,6). The molecule has 0 radical (unpaired) electrons. The van der Waals surface area contributed by atoms with E-state index in [0.717, 1.165) is 6.26 Å². The maximum Gasteiger partial charge on any atom is 0.510 e. The molecular weight excluding hydrogens is 128 g/mol. The van der Waals surface area contributed by atoms with Gasteiger partial charge in [0.2, 0.25) is 0 Å². The Kier molecular flexibility index (Phi) is 1.07. The van der Waals surface area contributed by atoms with Crippen molar-refractivity contribution in [3.05, 3.63) is 26.9 Å². The molecule has 0 aliphatic rings. The summed E-state index contributed by atoms with van der Waals surface area (Å²) in [7, 11) is 0. The number of oxazole rings is 1. The third-order valence-electron chi connectivity index (χ3n) is 0.704. The summed E-state index contributed by atoms with van der Waals surface area (Å²) in [5, 5.41) is 9.79. The van der Waals surface area contributed by atoms with Crippen LogP contribution < -0.4 is 5.76 Å². The Morgan fingerprint density at radius 1 is 1.78 bits per heavy atom. The Hall–Kier alpha value is -1.59. The molecule has 1 heterocycles. The SMILES string of the molecule is O=c1[nH]c([N+](=O)[O-])co1. The first-order chi connectivity index (χ1) is 4.20. The van der Waals surface area contributed by atoms with Crippen molar-refractivity contribution in [3.8, 4) is 0 Å². The van der Waals surface area contributed by atoms with Gasteiger partial charge in [0.25, 0.3) is 0 Å². The third-order valence-corrected chi connectivity index (χ3v) is 0.704. The van der Waals surface area contributed by atoms with Crippen LogP contribution in [-0.2, 0) is 0 Å². The first kappa shape index (κ1) is 5.54. The maximum absolute atomic E-state index is 10.1. The molecule has 6 heteroatoms. The highest BCUT2D eigenvalue weighted by molar-refractivity contribution is 5.07. The van der Waals surface area contributed by atoms with Gasteiger partial charge in [-0.2, -0.15) is 9.78 Å². The average Bonchev–Trinajstić information content (AvgIpc) is 2.14. The Bertz CT molecular complexity index is 271. The van der Waals surface area contributed by atoms with Gasteiger partial charge in [-0.15, -0.1) is 0 Å². The van der Waals surface area contributed by atoms with Crippen molar-refractivity contribution in [3.63, 3.8) is 0 Å². The molecule has 0 unspecified atom stereocenters. The van der Waals surface area contributed by atoms with E-state index in [4.69, 9.17) is 0 Å². The molecule has 1 aromatic rings. The minimum atomic E-state index is -0.818. The maximum atomic E-state index is 10.1. The Labute approximate surface area is 48.3 Å². The summed E-state index contributed by atoms with van der Waals surface area (Å²) in [6.07, 6.45) is 0.752. The minimum Gasteiger partial charge on any atom is -0.391 e. The van der Waals surface area contributed by atoms with E-state index in [9.17, 15) is 14.9 Å².